The zero-order valence-corrected chi connectivity index (χ0v) is 18.2. The summed E-state index contributed by atoms with van der Waals surface area (Å²) in [6.07, 6.45) is 2.30. The molecule has 1 fully saturated rings. The molecule has 4 rings (SSSR count). The molecule has 29 heavy (non-hydrogen) atoms. The number of hydrogen-bond donors (Lipinski definition) is 1. The molecule has 1 aliphatic heterocycles. The van der Waals surface area contributed by atoms with E-state index in [1.807, 2.05) is 42.6 Å². The fraction of sp³-hybridized carbons (Fsp3) is 0.381. The summed E-state index contributed by atoms with van der Waals surface area (Å²) >= 11 is 3.05. The largest absolute Gasteiger partial charge is 0.376 e. The molecule has 2 aromatic heterocycles. The van der Waals surface area contributed by atoms with Gasteiger partial charge in [-0.1, -0.05) is 23.9 Å². The summed E-state index contributed by atoms with van der Waals surface area (Å²) in [6.45, 7) is 5.62. The van der Waals surface area contributed by atoms with E-state index in [4.69, 9.17) is 4.74 Å². The number of aromatic nitrogens is 3. The average molecular weight is 429 g/mol. The predicted molar refractivity (Wildman–Crippen MR) is 118 cm³/mol. The Kier molecular flexibility index (Phi) is 6.32. The van der Waals surface area contributed by atoms with Gasteiger partial charge in [0.25, 0.3) is 0 Å². The number of carbonyl (C=O) groups excluding carboxylic acids is 1. The van der Waals surface area contributed by atoms with Crippen LogP contribution in [-0.4, -0.2) is 39.1 Å². The van der Waals surface area contributed by atoms with Crippen LogP contribution in [0.3, 0.4) is 0 Å². The van der Waals surface area contributed by atoms with Crippen molar-refractivity contribution >= 4 is 34.7 Å². The SMILES string of the molecule is Cc1ccc(NC(=O)CSc2nnc(-c3cccs3)n2CC2CCCO2)cc1C. The number of ether oxygens (including phenoxy) is 1. The lowest BCUT2D eigenvalue weighted by atomic mass is 10.1. The Hall–Kier alpha value is -2.16. The number of carbonyl (C=O) groups is 1. The van der Waals surface area contributed by atoms with Crippen LogP contribution < -0.4 is 5.32 Å². The van der Waals surface area contributed by atoms with Gasteiger partial charge in [0.05, 0.1) is 23.3 Å². The Morgan fingerprint density at radius 2 is 2.21 bits per heavy atom. The van der Waals surface area contributed by atoms with Crippen molar-refractivity contribution in [2.45, 2.75) is 44.5 Å². The van der Waals surface area contributed by atoms with Crippen molar-refractivity contribution in [3.05, 3.63) is 46.8 Å². The van der Waals surface area contributed by atoms with Crippen molar-refractivity contribution in [1.29, 1.82) is 0 Å². The number of hydrogen-bond acceptors (Lipinski definition) is 6. The third-order valence-electron chi connectivity index (χ3n) is 4.99. The summed E-state index contributed by atoms with van der Waals surface area (Å²) in [5.74, 6) is 1.07. The van der Waals surface area contributed by atoms with Gasteiger partial charge in [0, 0.05) is 12.3 Å². The van der Waals surface area contributed by atoms with Gasteiger partial charge in [-0.15, -0.1) is 21.5 Å². The highest BCUT2D eigenvalue weighted by Gasteiger charge is 2.22. The molecule has 1 amide bonds. The first kappa shape index (κ1) is 20.1. The van der Waals surface area contributed by atoms with Gasteiger partial charge >= 0.3 is 0 Å². The molecule has 1 saturated heterocycles. The van der Waals surface area contributed by atoms with Crippen molar-refractivity contribution in [2.24, 2.45) is 0 Å². The van der Waals surface area contributed by atoms with Crippen molar-refractivity contribution < 1.29 is 9.53 Å². The maximum absolute atomic E-state index is 12.5. The molecule has 1 aromatic carbocycles. The number of amides is 1. The molecule has 1 atom stereocenters. The van der Waals surface area contributed by atoms with Gasteiger partial charge in [-0.05, 0) is 61.4 Å². The number of benzene rings is 1. The first-order chi connectivity index (χ1) is 14.1. The molecule has 152 valence electrons. The topological polar surface area (TPSA) is 69.0 Å². The first-order valence-electron chi connectivity index (χ1n) is 9.69. The minimum Gasteiger partial charge on any atom is -0.376 e. The third-order valence-corrected chi connectivity index (χ3v) is 6.82. The molecule has 0 radical (unpaired) electrons. The van der Waals surface area contributed by atoms with Crippen LogP contribution in [0.4, 0.5) is 5.69 Å². The fourth-order valence-electron chi connectivity index (χ4n) is 3.29. The van der Waals surface area contributed by atoms with Crippen molar-refractivity contribution in [3.8, 4) is 10.7 Å². The molecule has 8 heteroatoms. The van der Waals surface area contributed by atoms with E-state index in [1.54, 1.807) is 11.3 Å². The van der Waals surface area contributed by atoms with Crippen LogP contribution >= 0.6 is 23.1 Å². The maximum Gasteiger partial charge on any atom is 0.234 e. The van der Waals surface area contributed by atoms with Crippen molar-refractivity contribution in [1.82, 2.24) is 14.8 Å². The van der Waals surface area contributed by atoms with Crippen LogP contribution in [0.15, 0.2) is 40.9 Å². The van der Waals surface area contributed by atoms with Crippen molar-refractivity contribution in [3.63, 3.8) is 0 Å². The van der Waals surface area contributed by atoms with Gasteiger partial charge < -0.3 is 10.1 Å². The minimum absolute atomic E-state index is 0.0532. The van der Waals surface area contributed by atoms with E-state index in [9.17, 15) is 4.79 Å². The van der Waals surface area contributed by atoms with Gasteiger partial charge in [-0.25, -0.2) is 0 Å². The van der Waals surface area contributed by atoms with Crippen LogP contribution in [0.25, 0.3) is 10.7 Å². The van der Waals surface area contributed by atoms with Crippen LogP contribution in [0.5, 0.6) is 0 Å². The number of nitrogens with one attached hydrogen (secondary N) is 1. The van der Waals surface area contributed by atoms with Crippen LogP contribution in [0, 0.1) is 13.8 Å². The number of nitrogens with zero attached hydrogens (tertiary/aromatic N) is 3. The maximum atomic E-state index is 12.5. The standard InChI is InChI=1S/C21H24N4O2S2/c1-14-7-8-16(11-15(14)2)22-19(26)13-29-21-24-23-20(18-6-4-10-28-18)25(21)12-17-5-3-9-27-17/h4,6-8,10-11,17H,3,5,9,12-13H2,1-2H3,(H,22,26). The third kappa shape index (κ3) is 4.88. The molecule has 0 bridgehead atoms. The van der Waals surface area contributed by atoms with Gasteiger partial charge in [0.1, 0.15) is 0 Å². The highest BCUT2D eigenvalue weighted by atomic mass is 32.2. The molecule has 3 aromatic rings. The summed E-state index contributed by atoms with van der Waals surface area (Å²) in [7, 11) is 0. The second kappa shape index (κ2) is 9.11. The lowest BCUT2D eigenvalue weighted by molar-refractivity contribution is -0.113. The number of thiophene rings is 1. The molecule has 6 nitrogen and oxygen atoms in total. The van der Waals surface area contributed by atoms with Crippen molar-refractivity contribution in [2.75, 3.05) is 17.7 Å². The number of rotatable bonds is 7. The second-order valence-electron chi connectivity index (χ2n) is 7.17. The Balaban J connectivity index is 1.46. The summed E-state index contributed by atoms with van der Waals surface area (Å²) in [5.41, 5.74) is 3.19. The minimum atomic E-state index is -0.0532. The van der Waals surface area contributed by atoms with Gasteiger partial charge in [-0.3, -0.25) is 9.36 Å². The predicted octanol–water partition coefficient (Wildman–Crippen LogP) is 4.53. The highest BCUT2D eigenvalue weighted by molar-refractivity contribution is 7.99. The quantitative estimate of drug-likeness (QED) is 0.560. The van der Waals surface area contributed by atoms with Gasteiger partial charge in [0.15, 0.2) is 11.0 Å². The van der Waals surface area contributed by atoms with Gasteiger partial charge in [0.2, 0.25) is 5.91 Å². The van der Waals surface area contributed by atoms with E-state index >= 15 is 0 Å². The zero-order chi connectivity index (χ0) is 20.2. The lowest BCUT2D eigenvalue weighted by Gasteiger charge is -2.14. The zero-order valence-electron chi connectivity index (χ0n) is 16.6. The number of thioether (sulfide) groups is 1. The van der Waals surface area contributed by atoms with E-state index in [2.05, 4.69) is 27.0 Å². The molecule has 1 aliphatic rings. The molecule has 3 heterocycles. The Labute approximate surface area is 178 Å². The van der Waals surface area contributed by atoms with Crippen LogP contribution in [0.1, 0.15) is 24.0 Å². The summed E-state index contributed by atoms with van der Waals surface area (Å²) in [5, 5.41) is 14.5. The van der Waals surface area contributed by atoms with Gasteiger partial charge in [-0.2, -0.15) is 0 Å². The molecule has 0 spiro atoms. The van der Waals surface area contributed by atoms with Crippen LogP contribution in [0.2, 0.25) is 0 Å². The molecule has 1 N–H and O–H groups in total. The average Bonchev–Trinajstić information content (AvgIpc) is 3.45. The Morgan fingerprint density at radius 1 is 1.31 bits per heavy atom. The normalized spacial score (nSPS) is 16.3. The molecular weight excluding hydrogens is 404 g/mol. The second-order valence-corrected chi connectivity index (χ2v) is 9.06. The van der Waals surface area contributed by atoms with Crippen LogP contribution in [-0.2, 0) is 16.1 Å². The van der Waals surface area contributed by atoms with E-state index in [1.165, 1.54) is 17.3 Å². The monoisotopic (exact) mass is 428 g/mol. The summed E-state index contributed by atoms with van der Waals surface area (Å²) < 4.78 is 7.91. The first-order valence-corrected chi connectivity index (χ1v) is 11.6. The molecule has 0 saturated carbocycles. The number of anilines is 1. The van der Waals surface area contributed by atoms with E-state index in [0.29, 0.717) is 6.54 Å². The van der Waals surface area contributed by atoms with E-state index < -0.39 is 0 Å². The molecule has 1 unspecified atom stereocenters. The Bertz CT molecular complexity index is 979. The Morgan fingerprint density at radius 3 is 2.93 bits per heavy atom. The number of aryl methyl sites for hydroxylation is 2. The highest BCUT2D eigenvalue weighted by Crippen LogP contribution is 2.29. The molecule has 0 aliphatic carbocycles. The summed E-state index contributed by atoms with van der Waals surface area (Å²) in [4.78, 5) is 13.5. The summed E-state index contributed by atoms with van der Waals surface area (Å²) in [6, 6.07) is 9.99. The lowest BCUT2D eigenvalue weighted by Crippen LogP contribution is -2.18. The van der Waals surface area contributed by atoms with E-state index in [0.717, 1.165) is 46.6 Å². The van der Waals surface area contributed by atoms with E-state index in [-0.39, 0.29) is 17.8 Å². The smallest absolute Gasteiger partial charge is 0.234 e. The fourth-order valence-corrected chi connectivity index (χ4v) is 4.75. The molecular formula is C21H24N4O2S2.